The molecule has 8 nitrogen and oxygen atoms in total. The minimum absolute atomic E-state index is 0.823. The SMILES string of the molecule is CCN(CC)CCCCCCN(CCC[Si](OC)(OC)OC)CCC[Si](OC)(OC)OC. The summed E-state index contributed by atoms with van der Waals surface area (Å²) >= 11 is 0. The van der Waals surface area contributed by atoms with E-state index in [1.54, 1.807) is 42.7 Å². The zero-order chi connectivity index (χ0) is 24.3. The van der Waals surface area contributed by atoms with E-state index >= 15 is 0 Å². The van der Waals surface area contributed by atoms with Gasteiger partial charge in [0.1, 0.15) is 0 Å². The Morgan fingerprint density at radius 1 is 0.438 bits per heavy atom. The molecule has 0 heterocycles. The second-order valence-corrected chi connectivity index (χ2v) is 14.3. The molecule has 0 rings (SSSR count). The van der Waals surface area contributed by atoms with Gasteiger partial charge in [-0.05, 0) is 65.0 Å². The standard InChI is InChI=1S/C22H52N2O6Si2/c1-9-23(10-2)17-13-11-12-14-18-24(19-15-21-31(25-3,26-4)27-5)20-16-22-32(28-6,29-7)30-8/h9-22H2,1-8H3. The lowest BCUT2D eigenvalue weighted by Gasteiger charge is -2.28. The molecule has 0 bridgehead atoms. The van der Waals surface area contributed by atoms with Crippen molar-refractivity contribution in [2.24, 2.45) is 0 Å². The Bertz CT molecular complexity index is 383. The Kier molecular flexibility index (Phi) is 19.5. The molecule has 0 spiro atoms. The van der Waals surface area contributed by atoms with Gasteiger partial charge < -0.3 is 36.4 Å². The molecule has 0 aromatic heterocycles. The Labute approximate surface area is 200 Å². The first kappa shape index (κ1) is 32.1. The van der Waals surface area contributed by atoms with E-state index in [1.165, 1.54) is 32.2 Å². The van der Waals surface area contributed by atoms with E-state index in [-0.39, 0.29) is 0 Å². The molecule has 0 aliphatic heterocycles. The van der Waals surface area contributed by atoms with E-state index in [2.05, 4.69) is 23.6 Å². The highest BCUT2D eigenvalue weighted by molar-refractivity contribution is 6.60. The van der Waals surface area contributed by atoms with Crippen LogP contribution in [0.2, 0.25) is 12.1 Å². The maximum atomic E-state index is 5.58. The van der Waals surface area contributed by atoms with Gasteiger partial charge in [0.05, 0.1) is 0 Å². The highest BCUT2D eigenvalue weighted by Crippen LogP contribution is 2.18. The maximum absolute atomic E-state index is 5.58. The van der Waals surface area contributed by atoms with Crippen molar-refractivity contribution in [1.82, 2.24) is 9.80 Å². The molecule has 0 aromatic rings. The molecule has 0 saturated heterocycles. The summed E-state index contributed by atoms with van der Waals surface area (Å²) in [7, 11) is 5.05. The van der Waals surface area contributed by atoms with Crippen molar-refractivity contribution >= 4 is 17.6 Å². The Balaban J connectivity index is 4.58. The minimum Gasteiger partial charge on any atom is -0.377 e. The van der Waals surface area contributed by atoms with E-state index in [0.717, 1.165) is 57.7 Å². The predicted octanol–water partition coefficient (Wildman–Crippen LogP) is 3.73. The van der Waals surface area contributed by atoms with Crippen LogP contribution in [0.25, 0.3) is 0 Å². The topological polar surface area (TPSA) is 61.9 Å². The monoisotopic (exact) mass is 496 g/mol. The fourth-order valence-electron chi connectivity index (χ4n) is 4.05. The first-order valence-corrected chi connectivity index (χ1v) is 16.1. The predicted molar refractivity (Wildman–Crippen MR) is 135 cm³/mol. The quantitative estimate of drug-likeness (QED) is 0.157. The molecule has 32 heavy (non-hydrogen) atoms. The first-order chi connectivity index (χ1) is 15.4. The lowest BCUT2D eigenvalue weighted by molar-refractivity contribution is 0.119. The smallest absolute Gasteiger partial charge is 0.377 e. The molecule has 0 unspecified atom stereocenters. The van der Waals surface area contributed by atoms with Crippen LogP contribution in [0, 0.1) is 0 Å². The average molecular weight is 497 g/mol. The molecule has 0 aliphatic carbocycles. The molecule has 0 amide bonds. The number of nitrogens with zero attached hydrogens (tertiary/aromatic N) is 2. The number of rotatable bonds is 23. The van der Waals surface area contributed by atoms with Crippen LogP contribution in [0.5, 0.6) is 0 Å². The molecular weight excluding hydrogens is 444 g/mol. The van der Waals surface area contributed by atoms with Crippen molar-refractivity contribution in [3.63, 3.8) is 0 Å². The highest BCUT2D eigenvalue weighted by atomic mass is 28.4. The Morgan fingerprint density at radius 3 is 1.06 bits per heavy atom. The normalized spacial score (nSPS) is 12.9. The van der Waals surface area contributed by atoms with E-state index in [9.17, 15) is 0 Å². The molecule has 0 aromatic carbocycles. The van der Waals surface area contributed by atoms with Gasteiger partial charge in [0.2, 0.25) is 0 Å². The Morgan fingerprint density at radius 2 is 0.750 bits per heavy atom. The molecule has 0 saturated carbocycles. The fourth-order valence-corrected chi connectivity index (χ4v) is 7.46. The third kappa shape index (κ3) is 12.5. The molecule has 0 atom stereocenters. The molecular formula is C22H52N2O6Si2. The van der Waals surface area contributed by atoms with Crippen LogP contribution in [0.3, 0.4) is 0 Å². The van der Waals surface area contributed by atoms with Crippen LogP contribution in [-0.4, -0.2) is 109 Å². The highest BCUT2D eigenvalue weighted by Gasteiger charge is 2.38. The van der Waals surface area contributed by atoms with Crippen molar-refractivity contribution in [3.8, 4) is 0 Å². The van der Waals surface area contributed by atoms with E-state index < -0.39 is 17.6 Å². The Hall–Kier alpha value is 0.114. The van der Waals surface area contributed by atoms with Crippen LogP contribution in [0.15, 0.2) is 0 Å². The van der Waals surface area contributed by atoms with Crippen molar-refractivity contribution in [3.05, 3.63) is 0 Å². The van der Waals surface area contributed by atoms with Crippen molar-refractivity contribution in [2.45, 2.75) is 64.5 Å². The maximum Gasteiger partial charge on any atom is 0.500 e. The summed E-state index contributed by atoms with van der Waals surface area (Å²) in [5, 5.41) is 0. The molecule has 194 valence electrons. The first-order valence-electron chi connectivity index (χ1n) is 12.2. The van der Waals surface area contributed by atoms with Crippen molar-refractivity contribution in [1.29, 1.82) is 0 Å². The van der Waals surface area contributed by atoms with E-state index in [1.807, 2.05) is 0 Å². The molecule has 0 fully saturated rings. The van der Waals surface area contributed by atoms with Gasteiger partial charge in [-0.25, -0.2) is 0 Å². The van der Waals surface area contributed by atoms with Crippen LogP contribution in [0.1, 0.15) is 52.4 Å². The number of hydrogen-bond donors (Lipinski definition) is 0. The van der Waals surface area contributed by atoms with Gasteiger partial charge in [-0.1, -0.05) is 26.7 Å². The number of unbranched alkanes of at least 4 members (excludes halogenated alkanes) is 3. The lowest BCUT2D eigenvalue weighted by atomic mass is 10.1. The molecule has 0 radical (unpaired) electrons. The van der Waals surface area contributed by atoms with Crippen LogP contribution in [0.4, 0.5) is 0 Å². The molecule has 0 aliphatic rings. The van der Waals surface area contributed by atoms with Gasteiger partial charge >= 0.3 is 17.6 Å². The summed E-state index contributed by atoms with van der Waals surface area (Å²) in [5.74, 6) is 0. The van der Waals surface area contributed by atoms with Gasteiger partial charge in [0.15, 0.2) is 0 Å². The van der Waals surface area contributed by atoms with Crippen molar-refractivity contribution < 1.29 is 26.6 Å². The third-order valence-corrected chi connectivity index (χ3v) is 12.0. The fraction of sp³-hybridized carbons (Fsp3) is 1.00. The molecule has 0 N–H and O–H groups in total. The van der Waals surface area contributed by atoms with Crippen molar-refractivity contribution in [2.75, 3.05) is 81.9 Å². The molecule has 10 heteroatoms. The summed E-state index contributed by atoms with van der Waals surface area (Å²) in [5.41, 5.74) is 0. The second kappa shape index (κ2) is 19.4. The summed E-state index contributed by atoms with van der Waals surface area (Å²) in [4.78, 5) is 5.05. The van der Waals surface area contributed by atoms with Crippen LogP contribution < -0.4 is 0 Å². The summed E-state index contributed by atoms with van der Waals surface area (Å²) < 4.78 is 33.5. The largest absolute Gasteiger partial charge is 0.500 e. The van der Waals surface area contributed by atoms with Crippen LogP contribution >= 0.6 is 0 Å². The van der Waals surface area contributed by atoms with Gasteiger partial charge in [0, 0.05) is 54.7 Å². The van der Waals surface area contributed by atoms with Gasteiger partial charge in [-0.15, -0.1) is 0 Å². The summed E-state index contributed by atoms with van der Waals surface area (Å²) in [6, 6.07) is 1.65. The minimum atomic E-state index is -2.51. The zero-order valence-corrected chi connectivity index (χ0v) is 24.2. The third-order valence-electron chi connectivity index (χ3n) is 6.37. The lowest BCUT2D eigenvalue weighted by Crippen LogP contribution is -2.44. The summed E-state index contributed by atoms with van der Waals surface area (Å²) in [6.07, 6.45) is 7.06. The van der Waals surface area contributed by atoms with Gasteiger partial charge in [-0.2, -0.15) is 0 Å². The van der Waals surface area contributed by atoms with Gasteiger partial charge in [-0.3, -0.25) is 0 Å². The van der Waals surface area contributed by atoms with E-state index in [0.29, 0.717) is 0 Å². The summed E-state index contributed by atoms with van der Waals surface area (Å²) in [6.45, 7) is 11.1. The van der Waals surface area contributed by atoms with Crippen LogP contribution in [-0.2, 0) is 26.6 Å². The van der Waals surface area contributed by atoms with E-state index in [4.69, 9.17) is 26.6 Å². The average Bonchev–Trinajstić information content (AvgIpc) is 2.84. The second-order valence-electron chi connectivity index (χ2n) is 8.08. The number of hydrogen-bond acceptors (Lipinski definition) is 8. The zero-order valence-electron chi connectivity index (χ0n) is 22.2. The van der Waals surface area contributed by atoms with Gasteiger partial charge in [0.25, 0.3) is 0 Å².